The van der Waals surface area contributed by atoms with Crippen molar-refractivity contribution >= 4 is 51.1 Å². The van der Waals surface area contributed by atoms with Crippen molar-refractivity contribution in [3.63, 3.8) is 0 Å². The third-order valence-electron chi connectivity index (χ3n) is 1.15. The first kappa shape index (κ1) is 16.8. The maximum atomic E-state index is 11.2. The Morgan fingerprint density at radius 1 is 1.47 bits per heavy atom. The van der Waals surface area contributed by atoms with Crippen LogP contribution in [0.1, 0.15) is 6.42 Å². The van der Waals surface area contributed by atoms with Gasteiger partial charge in [-0.05, 0) is 6.42 Å². The minimum Gasteiger partial charge on any atom is -0.464 e. The van der Waals surface area contributed by atoms with Crippen molar-refractivity contribution in [1.29, 1.82) is 0 Å². The SMILES string of the molecule is C=CCCO/C(N)=N/S(=O)(=O)OCC(Cl)(Cl)Cl. The fraction of sp³-hybridized carbons (Fsp3) is 0.571. The van der Waals surface area contributed by atoms with Crippen LogP contribution in [-0.4, -0.2) is 31.4 Å². The topological polar surface area (TPSA) is 91.0 Å². The summed E-state index contributed by atoms with van der Waals surface area (Å²) in [6.45, 7) is 2.92. The molecule has 2 N–H and O–H groups in total. The molecule has 0 rings (SSSR count). The molecule has 0 saturated carbocycles. The van der Waals surface area contributed by atoms with E-state index in [1.54, 1.807) is 6.08 Å². The van der Waals surface area contributed by atoms with Gasteiger partial charge in [0.1, 0.15) is 6.61 Å². The normalized spacial score (nSPS) is 13.5. The van der Waals surface area contributed by atoms with Crippen molar-refractivity contribution in [3.8, 4) is 0 Å². The Labute approximate surface area is 115 Å². The molecule has 0 amide bonds. The number of hydrogen-bond donors (Lipinski definition) is 1. The molecular weight excluding hydrogens is 315 g/mol. The fourth-order valence-electron chi connectivity index (χ4n) is 0.551. The molecule has 17 heavy (non-hydrogen) atoms. The zero-order valence-corrected chi connectivity index (χ0v) is 11.7. The molecule has 0 aliphatic rings. The summed E-state index contributed by atoms with van der Waals surface area (Å²) in [7, 11) is -4.29. The van der Waals surface area contributed by atoms with E-state index in [-0.39, 0.29) is 6.61 Å². The highest BCUT2D eigenvalue weighted by atomic mass is 35.6. The predicted octanol–water partition coefficient (Wildman–Crippen LogP) is 1.53. The minimum absolute atomic E-state index is 0.152. The van der Waals surface area contributed by atoms with Gasteiger partial charge in [0, 0.05) is 0 Å². The Bertz CT molecular complexity index is 377. The molecule has 0 unspecified atom stereocenters. The standard InChI is InChI=1S/C7H11Cl3N2O4S/c1-2-3-4-15-6(11)12-17(13,14)16-5-7(8,9)10/h2H,1,3-5H2,(H2,11,12). The van der Waals surface area contributed by atoms with Gasteiger partial charge < -0.3 is 10.5 Å². The van der Waals surface area contributed by atoms with Crippen molar-refractivity contribution in [1.82, 2.24) is 0 Å². The van der Waals surface area contributed by atoms with Crippen LogP contribution in [0.25, 0.3) is 0 Å². The maximum Gasteiger partial charge on any atom is 0.385 e. The Morgan fingerprint density at radius 3 is 2.53 bits per heavy atom. The molecule has 0 fully saturated rings. The van der Waals surface area contributed by atoms with Gasteiger partial charge in [0.05, 0.1) is 6.61 Å². The third-order valence-corrected chi connectivity index (χ3v) is 2.29. The van der Waals surface area contributed by atoms with Gasteiger partial charge in [-0.1, -0.05) is 45.3 Å². The van der Waals surface area contributed by atoms with Crippen molar-refractivity contribution in [2.45, 2.75) is 10.2 Å². The third kappa shape index (κ3) is 10.7. The van der Waals surface area contributed by atoms with Gasteiger partial charge in [-0.15, -0.1) is 6.58 Å². The highest BCUT2D eigenvalue weighted by molar-refractivity contribution is 7.85. The van der Waals surface area contributed by atoms with Crippen LogP contribution in [-0.2, 0) is 19.2 Å². The van der Waals surface area contributed by atoms with E-state index in [1.165, 1.54) is 0 Å². The van der Waals surface area contributed by atoms with Gasteiger partial charge in [0.2, 0.25) is 3.79 Å². The average Bonchev–Trinajstić information content (AvgIpc) is 2.14. The monoisotopic (exact) mass is 324 g/mol. The molecular formula is C7H11Cl3N2O4S. The van der Waals surface area contributed by atoms with Gasteiger partial charge in [0.25, 0.3) is 6.02 Å². The highest BCUT2D eigenvalue weighted by Crippen LogP contribution is 2.26. The molecule has 0 aromatic heterocycles. The summed E-state index contributed by atoms with van der Waals surface area (Å²) in [5.41, 5.74) is 5.18. The summed E-state index contributed by atoms with van der Waals surface area (Å²) < 4.78 is 32.5. The van der Waals surface area contributed by atoms with E-state index in [2.05, 4.69) is 15.2 Å². The summed E-state index contributed by atoms with van der Waals surface area (Å²) in [4.78, 5) is 0. The minimum atomic E-state index is -4.29. The van der Waals surface area contributed by atoms with Crippen LogP contribution < -0.4 is 5.73 Å². The summed E-state index contributed by atoms with van der Waals surface area (Å²) in [5.74, 6) is 0. The molecule has 0 aliphatic heterocycles. The molecule has 10 heteroatoms. The van der Waals surface area contributed by atoms with Crippen molar-refractivity contribution in [2.24, 2.45) is 10.1 Å². The van der Waals surface area contributed by atoms with E-state index in [1.807, 2.05) is 0 Å². The van der Waals surface area contributed by atoms with Gasteiger partial charge in [-0.3, -0.25) is 0 Å². The molecule has 0 spiro atoms. The van der Waals surface area contributed by atoms with Gasteiger partial charge >= 0.3 is 10.3 Å². The first-order valence-corrected chi connectivity index (χ1v) is 6.71. The second-order valence-electron chi connectivity index (χ2n) is 2.66. The Hall–Kier alpha value is -0.210. The zero-order valence-electron chi connectivity index (χ0n) is 8.61. The van der Waals surface area contributed by atoms with Gasteiger partial charge in [0.15, 0.2) is 0 Å². The molecule has 0 aromatic carbocycles. The lowest BCUT2D eigenvalue weighted by atomic mass is 10.5. The Kier molecular flexibility index (Phi) is 7.18. The van der Waals surface area contributed by atoms with E-state index < -0.39 is 26.7 Å². The van der Waals surface area contributed by atoms with E-state index in [9.17, 15) is 8.42 Å². The lowest BCUT2D eigenvalue weighted by molar-refractivity contribution is 0.302. The Morgan fingerprint density at radius 2 is 2.06 bits per heavy atom. The van der Waals surface area contributed by atoms with Crippen LogP contribution in [0.3, 0.4) is 0 Å². The molecule has 0 aliphatic carbocycles. The molecule has 0 bridgehead atoms. The summed E-state index contributed by atoms with van der Waals surface area (Å²) in [5, 5.41) is 0. The molecule has 100 valence electrons. The first-order chi connectivity index (χ1) is 7.66. The largest absolute Gasteiger partial charge is 0.464 e. The Balaban J connectivity index is 4.32. The van der Waals surface area contributed by atoms with E-state index in [0.717, 1.165) is 0 Å². The number of hydrogen-bond acceptors (Lipinski definition) is 4. The van der Waals surface area contributed by atoms with Gasteiger partial charge in [-0.2, -0.15) is 8.42 Å². The number of alkyl halides is 3. The number of halogens is 3. The zero-order chi connectivity index (χ0) is 13.5. The number of ether oxygens (including phenoxy) is 1. The molecule has 0 atom stereocenters. The number of nitrogens with zero attached hydrogens (tertiary/aromatic N) is 1. The summed E-state index contributed by atoms with van der Waals surface area (Å²) in [6, 6.07) is -0.559. The van der Waals surface area contributed by atoms with E-state index in [4.69, 9.17) is 45.3 Å². The first-order valence-electron chi connectivity index (χ1n) is 4.21. The number of nitrogens with two attached hydrogens (primary N) is 1. The van der Waals surface area contributed by atoms with E-state index >= 15 is 0 Å². The molecule has 0 radical (unpaired) electrons. The lowest BCUT2D eigenvalue weighted by Crippen LogP contribution is -2.22. The second kappa shape index (κ2) is 7.27. The molecule has 6 nitrogen and oxygen atoms in total. The van der Waals surface area contributed by atoms with Crippen LogP contribution in [0.4, 0.5) is 0 Å². The lowest BCUT2D eigenvalue weighted by Gasteiger charge is -2.09. The van der Waals surface area contributed by atoms with Gasteiger partial charge in [-0.25, -0.2) is 4.18 Å². The van der Waals surface area contributed by atoms with Crippen molar-refractivity contribution in [3.05, 3.63) is 12.7 Å². The van der Waals surface area contributed by atoms with Crippen LogP contribution in [0.5, 0.6) is 0 Å². The number of rotatable bonds is 6. The van der Waals surface area contributed by atoms with Crippen LogP contribution >= 0.6 is 34.8 Å². The van der Waals surface area contributed by atoms with E-state index in [0.29, 0.717) is 6.42 Å². The highest BCUT2D eigenvalue weighted by Gasteiger charge is 2.24. The summed E-state index contributed by atoms with van der Waals surface area (Å²) >= 11 is 15.9. The van der Waals surface area contributed by atoms with Crippen LogP contribution in [0.15, 0.2) is 17.1 Å². The number of amidine groups is 1. The quantitative estimate of drug-likeness (QED) is 0.263. The van der Waals surface area contributed by atoms with Crippen molar-refractivity contribution < 1.29 is 17.3 Å². The maximum absolute atomic E-state index is 11.2. The smallest absolute Gasteiger partial charge is 0.385 e. The van der Waals surface area contributed by atoms with Crippen LogP contribution in [0.2, 0.25) is 0 Å². The predicted molar refractivity (Wildman–Crippen MR) is 67.6 cm³/mol. The average molecular weight is 326 g/mol. The molecule has 0 aromatic rings. The van der Waals surface area contributed by atoms with Crippen molar-refractivity contribution in [2.75, 3.05) is 13.2 Å². The second-order valence-corrected chi connectivity index (χ2v) is 6.45. The van der Waals surface area contributed by atoms with Crippen LogP contribution in [0, 0.1) is 0 Å². The molecule has 0 heterocycles. The fourth-order valence-corrected chi connectivity index (χ4v) is 1.56. The molecule has 0 saturated heterocycles. The summed E-state index contributed by atoms with van der Waals surface area (Å²) in [6.07, 6.45) is 2.06.